The van der Waals surface area contributed by atoms with Gasteiger partial charge in [-0.2, -0.15) is 10.4 Å². The molecule has 1 atom stereocenters. The third-order valence-corrected chi connectivity index (χ3v) is 2.56. The maximum Gasteiger partial charge on any atom is 0.354 e. The van der Waals surface area contributed by atoms with Crippen LogP contribution in [-0.4, -0.2) is 20.9 Å². The van der Waals surface area contributed by atoms with Crippen LogP contribution < -0.4 is 5.32 Å². The predicted octanol–water partition coefficient (Wildman–Crippen LogP) is 0.726. The summed E-state index contributed by atoms with van der Waals surface area (Å²) >= 11 is 0. The molecule has 1 aromatic heterocycles. The maximum atomic E-state index is 11.1. The van der Waals surface area contributed by atoms with E-state index in [0.717, 1.165) is 0 Å². The van der Waals surface area contributed by atoms with Crippen molar-refractivity contribution in [1.82, 2.24) is 15.1 Å². The van der Waals surface area contributed by atoms with Crippen LogP contribution >= 0.6 is 0 Å². The monoisotopic (exact) mass is 230 g/mol. The van der Waals surface area contributed by atoms with Crippen molar-refractivity contribution in [2.75, 3.05) is 0 Å². The smallest absolute Gasteiger partial charge is 0.354 e. The molecule has 0 aromatic carbocycles. The molecule has 0 saturated carbocycles. The first-order valence-electron chi connectivity index (χ1n) is 4.93. The first-order valence-corrected chi connectivity index (χ1v) is 4.93. The Morgan fingerprint density at radius 3 is 3.12 bits per heavy atom. The molecular formula is C11H10N4O2. The van der Waals surface area contributed by atoms with E-state index in [1.165, 1.54) is 10.9 Å². The molecule has 0 fully saturated rings. The normalized spacial score (nSPS) is 18.1. The summed E-state index contributed by atoms with van der Waals surface area (Å²) in [5, 5.41) is 25.0. The number of hydrogen-bond acceptors (Lipinski definition) is 4. The average Bonchev–Trinajstić information content (AvgIpc) is 2.71. The van der Waals surface area contributed by atoms with Crippen molar-refractivity contribution in [1.29, 1.82) is 5.26 Å². The van der Waals surface area contributed by atoms with E-state index in [-0.39, 0.29) is 5.69 Å². The van der Waals surface area contributed by atoms with Crippen LogP contribution in [0.15, 0.2) is 30.1 Å². The Labute approximate surface area is 97.5 Å². The van der Waals surface area contributed by atoms with Crippen molar-refractivity contribution >= 4 is 5.97 Å². The number of hydrogen-bond donors (Lipinski definition) is 2. The molecule has 2 rings (SSSR count). The predicted molar refractivity (Wildman–Crippen MR) is 58.9 cm³/mol. The summed E-state index contributed by atoms with van der Waals surface area (Å²) in [6, 6.07) is 1.59. The fraction of sp³-hybridized carbons (Fsp3) is 0.182. The fourth-order valence-electron chi connectivity index (χ4n) is 1.78. The van der Waals surface area contributed by atoms with Crippen molar-refractivity contribution in [3.63, 3.8) is 0 Å². The van der Waals surface area contributed by atoms with Gasteiger partial charge in [0.15, 0.2) is 5.69 Å². The van der Waals surface area contributed by atoms with Crippen LogP contribution in [0, 0.1) is 11.3 Å². The fourth-order valence-corrected chi connectivity index (χ4v) is 1.78. The van der Waals surface area contributed by atoms with Gasteiger partial charge < -0.3 is 10.4 Å². The molecule has 1 aromatic rings. The summed E-state index contributed by atoms with van der Waals surface area (Å²) in [7, 11) is 1.56. The number of nitrogens with one attached hydrogen (secondary N) is 1. The van der Waals surface area contributed by atoms with Crippen molar-refractivity contribution in [3.8, 4) is 6.07 Å². The number of dihydropyridines is 1. The number of aryl methyl sites for hydroxylation is 1. The van der Waals surface area contributed by atoms with Crippen LogP contribution in [0.5, 0.6) is 0 Å². The second kappa shape index (κ2) is 4.14. The zero-order chi connectivity index (χ0) is 12.4. The Morgan fingerprint density at radius 2 is 2.47 bits per heavy atom. The molecule has 17 heavy (non-hydrogen) atoms. The topological polar surface area (TPSA) is 90.9 Å². The van der Waals surface area contributed by atoms with Gasteiger partial charge in [0.2, 0.25) is 0 Å². The summed E-state index contributed by atoms with van der Waals surface area (Å²) in [6.45, 7) is 0. The molecule has 0 saturated heterocycles. The number of allylic oxidation sites excluding steroid dienone is 2. The summed E-state index contributed by atoms with van der Waals surface area (Å²) in [5.74, 6) is -1.06. The van der Waals surface area contributed by atoms with Crippen LogP contribution in [0.2, 0.25) is 0 Å². The zero-order valence-electron chi connectivity index (χ0n) is 9.08. The van der Waals surface area contributed by atoms with Gasteiger partial charge in [-0.15, -0.1) is 0 Å². The Morgan fingerprint density at radius 1 is 1.71 bits per heavy atom. The summed E-state index contributed by atoms with van der Waals surface area (Å²) in [4.78, 5) is 11.1. The molecule has 1 aliphatic heterocycles. The number of aromatic carboxylic acids is 1. The van der Waals surface area contributed by atoms with Crippen LogP contribution in [0.4, 0.5) is 0 Å². The van der Waals surface area contributed by atoms with E-state index in [9.17, 15) is 4.79 Å². The molecule has 6 heteroatoms. The number of aromatic nitrogens is 2. The summed E-state index contributed by atoms with van der Waals surface area (Å²) < 4.78 is 1.28. The lowest BCUT2D eigenvalue weighted by Crippen LogP contribution is -2.22. The quantitative estimate of drug-likeness (QED) is 0.781. The van der Waals surface area contributed by atoms with Gasteiger partial charge in [-0.25, -0.2) is 4.79 Å². The second-order valence-corrected chi connectivity index (χ2v) is 3.57. The highest BCUT2D eigenvalue weighted by Gasteiger charge is 2.26. The van der Waals surface area contributed by atoms with Gasteiger partial charge in [0.25, 0.3) is 0 Å². The molecule has 0 amide bonds. The van der Waals surface area contributed by atoms with Gasteiger partial charge >= 0.3 is 5.97 Å². The number of nitriles is 1. The molecular weight excluding hydrogens is 220 g/mol. The summed E-state index contributed by atoms with van der Waals surface area (Å²) in [5.41, 5.74) is 1.03. The highest BCUT2D eigenvalue weighted by Crippen LogP contribution is 2.26. The molecule has 0 spiro atoms. The molecule has 86 valence electrons. The first-order chi connectivity index (χ1) is 8.15. The first kappa shape index (κ1) is 11.0. The largest absolute Gasteiger partial charge is 0.477 e. The van der Waals surface area contributed by atoms with E-state index >= 15 is 0 Å². The maximum absolute atomic E-state index is 11.1. The van der Waals surface area contributed by atoms with Crippen molar-refractivity contribution in [2.24, 2.45) is 7.05 Å². The van der Waals surface area contributed by atoms with Crippen molar-refractivity contribution < 1.29 is 9.90 Å². The van der Waals surface area contributed by atoms with E-state index in [1.54, 1.807) is 25.4 Å². The lowest BCUT2D eigenvalue weighted by molar-refractivity contribution is 0.0683. The number of carboxylic acid groups (broad SMARTS) is 1. The SMILES string of the molecule is Cn1ncc(C2NC=CC=C2C#N)c1C(=O)O. The van der Waals surface area contributed by atoms with Gasteiger partial charge in [-0.1, -0.05) is 0 Å². The minimum Gasteiger partial charge on any atom is -0.477 e. The molecule has 2 N–H and O–H groups in total. The lowest BCUT2D eigenvalue weighted by atomic mass is 9.98. The van der Waals surface area contributed by atoms with Crippen LogP contribution in [0.3, 0.4) is 0 Å². The number of carboxylic acids is 1. The number of carbonyl (C=O) groups is 1. The molecule has 0 radical (unpaired) electrons. The van der Waals surface area contributed by atoms with Crippen LogP contribution in [0.1, 0.15) is 22.1 Å². The standard InChI is InChI=1S/C11H10N4O2/c1-15-10(11(16)17)8(6-14-15)9-7(5-12)3-2-4-13-9/h2-4,6,9,13H,1H3,(H,16,17). The highest BCUT2D eigenvalue weighted by molar-refractivity contribution is 5.87. The van der Waals surface area contributed by atoms with Gasteiger partial charge in [-0.3, -0.25) is 4.68 Å². The molecule has 1 unspecified atom stereocenters. The van der Waals surface area contributed by atoms with E-state index in [4.69, 9.17) is 10.4 Å². The highest BCUT2D eigenvalue weighted by atomic mass is 16.4. The van der Waals surface area contributed by atoms with Crippen molar-refractivity contribution in [3.05, 3.63) is 41.4 Å². The third kappa shape index (κ3) is 1.78. The number of rotatable bonds is 2. The van der Waals surface area contributed by atoms with E-state index in [0.29, 0.717) is 11.1 Å². The third-order valence-electron chi connectivity index (χ3n) is 2.56. The van der Waals surface area contributed by atoms with Gasteiger partial charge in [-0.05, 0) is 18.4 Å². The van der Waals surface area contributed by atoms with Crippen LogP contribution in [-0.2, 0) is 7.05 Å². The van der Waals surface area contributed by atoms with E-state index < -0.39 is 12.0 Å². The molecule has 0 bridgehead atoms. The second-order valence-electron chi connectivity index (χ2n) is 3.57. The van der Waals surface area contributed by atoms with E-state index in [1.807, 2.05) is 6.07 Å². The minimum absolute atomic E-state index is 0.0824. The molecule has 2 heterocycles. The Balaban J connectivity index is 2.49. The molecule has 0 aliphatic carbocycles. The number of nitrogens with zero attached hydrogens (tertiary/aromatic N) is 3. The molecule has 1 aliphatic rings. The van der Waals surface area contributed by atoms with Gasteiger partial charge in [0.05, 0.1) is 23.9 Å². The Hall–Kier alpha value is -2.55. The average molecular weight is 230 g/mol. The molecule has 6 nitrogen and oxygen atoms in total. The van der Waals surface area contributed by atoms with Gasteiger partial charge in [0, 0.05) is 12.6 Å². The Bertz CT molecular complexity index is 563. The van der Waals surface area contributed by atoms with E-state index in [2.05, 4.69) is 10.4 Å². The zero-order valence-corrected chi connectivity index (χ0v) is 9.08. The van der Waals surface area contributed by atoms with Crippen molar-refractivity contribution in [2.45, 2.75) is 6.04 Å². The van der Waals surface area contributed by atoms with Gasteiger partial charge in [0.1, 0.15) is 0 Å². The minimum atomic E-state index is -1.06. The lowest BCUT2D eigenvalue weighted by Gasteiger charge is -2.18. The Kier molecular flexibility index (Phi) is 2.66. The summed E-state index contributed by atoms with van der Waals surface area (Å²) in [6.07, 6.45) is 6.49. The van der Waals surface area contributed by atoms with Crippen LogP contribution in [0.25, 0.3) is 0 Å².